The number of anilines is 2. The van der Waals surface area contributed by atoms with Crippen LogP contribution in [0.15, 0.2) is 31.0 Å². The van der Waals surface area contributed by atoms with Crippen LogP contribution in [0.3, 0.4) is 0 Å². The van der Waals surface area contributed by atoms with Gasteiger partial charge >= 0.3 is 0 Å². The summed E-state index contributed by atoms with van der Waals surface area (Å²) in [4.78, 5) is 12.6. The fourth-order valence-corrected chi connectivity index (χ4v) is 1.90. The summed E-state index contributed by atoms with van der Waals surface area (Å²) in [5, 5.41) is 3.34. The average molecular weight is 227 g/mol. The van der Waals surface area contributed by atoms with Crippen LogP contribution in [0.4, 0.5) is 11.8 Å². The molecule has 0 radical (unpaired) electrons. The van der Waals surface area contributed by atoms with Gasteiger partial charge in [0, 0.05) is 12.2 Å². The van der Waals surface area contributed by atoms with Crippen molar-refractivity contribution in [2.75, 3.05) is 11.1 Å². The second kappa shape index (κ2) is 3.69. The van der Waals surface area contributed by atoms with Crippen LogP contribution in [-0.2, 0) is 0 Å². The first-order valence-corrected chi connectivity index (χ1v) is 5.55. The van der Waals surface area contributed by atoms with Gasteiger partial charge in [-0.2, -0.15) is 4.98 Å². The molecule has 1 aliphatic carbocycles. The highest BCUT2D eigenvalue weighted by atomic mass is 15.1. The molecule has 17 heavy (non-hydrogen) atoms. The maximum atomic E-state index is 5.68. The van der Waals surface area contributed by atoms with Crippen molar-refractivity contribution >= 4 is 22.8 Å². The van der Waals surface area contributed by atoms with Gasteiger partial charge in [0.05, 0.1) is 5.52 Å². The Kier molecular flexibility index (Phi) is 2.18. The standard InChI is InChI=1S/C12H13N5/c1-2-7-6-9(7)15-11-10-8(4-3-5-14-10)16-12(13)17-11/h2-5,7,9H,1,6H2,(H3,13,15,16,17)/t7-,9-/m1/s1. The molecule has 0 bridgehead atoms. The van der Waals surface area contributed by atoms with Gasteiger partial charge in [0.2, 0.25) is 5.95 Å². The highest BCUT2D eigenvalue weighted by Gasteiger charge is 2.35. The molecule has 5 nitrogen and oxygen atoms in total. The summed E-state index contributed by atoms with van der Waals surface area (Å²) in [6, 6.07) is 4.11. The van der Waals surface area contributed by atoms with E-state index in [9.17, 15) is 0 Å². The SMILES string of the molecule is C=C[C@@H]1C[C@H]1Nc1nc(N)nc2cccnc12. The third kappa shape index (κ3) is 1.80. The Morgan fingerprint density at radius 2 is 2.35 bits per heavy atom. The second-order valence-corrected chi connectivity index (χ2v) is 4.19. The first kappa shape index (κ1) is 10.0. The number of nitrogen functional groups attached to an aromatic ring is 1. The summed E-state index contributed by atoms with van der Waals surface area (Å²) < 4.78 is 0. The van der Waals surface area contributed by atoms with E-state index in [0.29, 0.717) is 17.8 Å². The molecule has 2 aromatic heterocycles. The number of pyridine rings is 1. The number of nitrogens with one attached hydrogen (secondary N) is 1. The zero-order chi connectivity index (χ0) is 11.8. The molecule has 2 heterocycles. The van der Waals surface area contributed by atoms with Crippen molar-refractivity contribution in [1.29, 1.82) is 0 Å². The molecule has 0 unspecified atom stereocenters. The topological polar surface area (TPSA) is 76.7 Å². The average Bonchev–Trinajstić information content (AvgIpc) is 3.07. The predicted octanol–water partition coefficient (Wildman–Crippen LogP) is 1.59. The van der Waals surface area contributed by atoms with Gasteiger partial charge in [-0.25, -0.2) is 4.98 Å². The smallest absolute Gasteiger partial charge is 0.222 e. The molecule has 86 valence electrons. The lowest BCUT2D eigenvalue weighted by Crippen LogP contribution is -2.09. The molecule has 0 amide bonds. The van der Waals surface area contributed by atoms with Crippen LogP contribution < -0.4 is 11.1 Å². The first-order chi connectivity index (χ1) is 8.28. The van der Waals surface area contributed by atoms with Crippen molar-refractivity contribution in [2.45, 2.75) is 12.5 Å². The highest BCUT2D eigenvalue weighted by Crippen LogP contribution is 2.35. The maximum absolute atomic E-state index is 5.68. The number of aromatic nitrogens is 3. The molecule has 3 N–H and O–H groups in total. The summed E-state index contributed by atoms with van der Waals surface area (Å²) in [7, 11) is 0. The van der Waals surface area contributed by atoms with Crippen LogP contribution in [0, 0.1) is 5.92 Å². The molecule has 1 fully saturated rings. The number of rotatable bonds is 3. The molecule has 1 saturated carbocycles. The van der Waals surface area contributed by atoms with Crippen molar-refractivity contribution in [2.24, 2.45) is 5.92 Å². The van der Waals surface area contributed by atoms with Gasteiger partial charge < -0.3 is 11.1 Å². The van der Waals surface area contributed by atoms with E-state index in [1.807, 2.05) is 18.2 Å². The van der Waals surface area contributed by atoms with E-state index in [2.05, 4.69) is 26.8 Å². The summed E-state index contributed by atoms with van der Waals surface area (Å²) >= 11 is 0. The molecule has 1 aliphatic rings. The zero-order valence-electron chi connectivity index (χ0n) is 9.30. The second-order valence-electron chi connectivity index (χ2n) is 4.19. The molecule has 0 aromatic carbocycles. The highest BCUT2D eigenvalue weighted by molar-refractivity contribution is 5.86. The van der Waals surface area contributed by atoms with E-state index in [1.165, 1.54) is 0 Å². The van der Waals surface area contributed by atoms with E-state index in [4.69, 9.17) is 5.73 Å². The van der Waals surface area contributed by atoms with Crippen LogP contribution in [0.5, 0.6) is 0 Å². The Hall–Kier alpha value is -2.17. The lowest BCUT2D eigenvalue weighted by atomic mass is 10.3. The summed E-state index contributed by atoms with van der Waals surface area (Å²) in [5.41, 5.74) is 7.20. The lowest BCUT2D eigenvalue weighted by Gasteiger charge is -2.07. The van der Waals surface area contributed by atoms with Gasteiger partial charge in [-0.05, 0) is 24.5 Å². The fourth-order valence-electron chi connectivity index (χ4n) is 1.90. The van der Waals surface area contributed by atoms with Gasteiger partial charge in [-0.1, -0.05) is 6.08 Å². The van der Waals surface area contributed by atoms with E-state index < -0.39 is 0 Å². The number of nitrogens with two attached hydrogens (primary N) is 1. The molecule has 0 aliphatic heterocycles. The van der Waals surface area contributed by atoms with Crippen molar-refractivity contribution < 1.29 is 0 Å². The van der Waals surface area contributed by atoms with Crippen LogP contribution >= 0.6 is 0 Å². The predicted molar refractivity (Wildman–Crippen MR) is 67.5 cm³/mol. The molecule has 2 aromatic rings. The maximum Gasteiger partial charge on any atom is 0.222 e. The minimum atomic E-state index is 0.267. The van der Waals surface area contributed by atoms with Crippen molar-refractivity contribution in [3.8, 4) is 0 Å². The number of nitrogens with zero attached hydrogens (tertiary/aromatic N) is 3. The fraction of sp³-hybridized carbons (Fsp3) is 0.250. The van der Waals surface area contributed by atoms with Crippen molar-refractivity contribution in [3.63, 3.8) is 0 Å². The van der Waals surface area contributed by atoms with E-state index in [1.54, 1.807) is 6.20 Å². The largest absolute Gasteiger partial charge is 0.368 e. The summed E-state index contributed by atoms with van der Waals surface area (Å²) in [5.74, 6) is 1.50. The third-order valence-electron chi connectivity index (χ3n) is 2.94. The van der Waals surface area contributed by atoms with E-state index in [-0.39, 0.29) is 5.95 Å². The van der Waals surface area contributed by atoms with Crippen LogP contribution in [-0.4, -0.2) is 21.0 Å². The van der Waals surface area contributed by atoms with Gasteiger partial charge in [0.25, 0.3) is 0 Å². The first-order valence-electron chi connectivity index (χ1n) is 5.55. The van der Waals surface area contributed by atoms with Gasteiger partial charge in [-0.3, -0.25) is 4.98 Å². The van der Waals surface area contributed by atoms with Crippen molar-refractivity contribution in [1.82, 2.24) is 15.0 Å². The van der Waals surface area contributed by atoms with Gasteiger partial charge in [0.15, 0.2) is 5.82 Å². The van der Waals surface area contributed by atoms with Gasteiger partial charge in [0.1, 0.15) is 5.52 Å². The number of fused-ring (bicyclic) bond motifs is 1. The Morgan fingerprint density at radius 3 is 3.12 bits per heavy atom. The molecule has 5 heteroatoms. The number of hydrogen-bond donors (Lipinski definition) is 2. The molecule has 0 spiro atoms. The summed E-state index contributed by atoms with van der Waals surface area (Å²) in [6.45, 7) is 3.78. The lowest BCUT2D eigenvalue weighted by molar-refractivity contribution is 1.02. The Labute approximate surface area is 98.8 Å². The monoisotopic (exact) mass is 227 g/mol. The number of hydrogen-bond acceptors (Lipinski definition) is 5. The Balaban J connectivity index is 2.00. The summed E-state index contributed by atoms with van der Waals surface area (Å²) in [6.07, 6.45) is 4.77. The minimum absolute atomic E-state index is 0.267. The quantitative estimate of drug-likeness (QED) is 0.779. The zero-order valence-corrected chi connectivity index (χ0v) is 9.30. The van der Waals surface area contributed by atoms with Crippen LogP contribution in [0.2, 0.25) is 0 Å². The van der Waals surface area contributed by atoms with E-state index in [0.717, 1.165) is 17.5 Å². The molecule has 2 atom stereocenters. The molecular weight excluding hydrogens is 214 g/mol. The molecule has 0 saturated heterocycles. The van der Waals surface area contributed by atoms with Crippen LogP contribution in [0.25, 0.3) is 11.0 Å². The Bertz CT molecular complexity index is 580. The van der Waals surface area contributed by atoms with E-state index >= 15 is 0 Å². The minimum Gasteiger partial charge on any atom is -0.368 e. The molecule has 3 rings (SSSR count). The van der Waals surface area contributed by atoms with Crippen molar-refractivity contribution in [3.05, 3.63) is 31.0 Å². The molecular formula is C12H13N5. The Morgan fingerprint density at radius 1 is 1.47 bits per heavy atom. The van der Waals surface area contributed by atoms with Crippen LogP contribution in [0.1, 0.15) is 6.42 Å². The third-order valence-corrected chi connectivity index (χ3v) is 2.94. The normalized spacial score (nSPS) is 22.4. The van der Waals surface area contributed by atoms with Gasteiger partial charge in [-0.15, -0.1) is 6.58 Å².